The molecule has 0 fully saturated rings. The van der Waals surface area contributed by atoms with Crippen LogP contribution in [-0.2, 0) is 0 Å². The van der Waals surface area contributed by atoms with Gasteiger partial charge in [0.1, 0.15) is 11.5 Å². The van der Waals surface area contributed by atoms with Gasteiger partial charge in [-0.3, -0.25) is 4.79 Å². The second-order valence-electron chi connectivity index (χ2n) is 5.40. The fraction of sp³-hybridized carbons (Fsp3) is 0.235. The number of nitrogen functional groups attached to an aromatic ring is 1. The van der Waals surface area contributed by atoms with Gasteiger partial charge in [-0.05, 0) is 48.2 Å². The van der Waals surface area contributed by atoms with Gasteiger partial charge in [0.2, 0.25) is 5.91 Å². The molecule has 0 bridgehead atoms. The first-order chi connectivity index (χ1) is 9.88. The van der Waals surface area contributed by atoms with Crippen LogP contribution in [0.1, 0.15) is 41.3 Å². The van der Waals surface area contributed by atoms with E-state index in [0.717, 1.165) is 11.3 Å². The number of benzene rings is 2. The molecule has 0 saturated carbocycles. The van der Waals surface area contributed by atoms with Crippen LogP contribution >= 0.6 is 0 Å². The summed E-state index contributed by atoms with van der Waals surface area (Å²) in [4.78, 5) is 11.1. The average molecular weight is 284 g/mol. The highest BCUT2D eigenvalue weighted by molar-refractivity contribution is 5.94. The highest BCUT2D eigenvalue weighted by Gasteiger charge is 2.10. The Morgan fingerprint density at radius 3 is 2.38 bits per heavy atom. The molecule has 0 aliphatic heterocycles. The van der Waals surface area contributed by atoms with Crippen LogP contribution in [0.3, 0.4) is 0 Å². The van der Waals surface area contributed by atoms with Gasteiger partial charge in [-0.1, -0.05) is 26.0 Å². The molecule has 0 saturated heterocycles. The first kappa shape index (κ1) is 14.9. The molecule has 2 aromatic rings. The Hall–Kier alpha value is -2.49. The summed E-state index contributed by atoms with van der Waals surface area (Å²) < 4.78 is 5.89. The monoisotopic (exact) mass is 284 g/mol. The lowest BCUT2D eigenvalue weighted by molar-refractivity contribution is 0.100. The number of hydrogen-bond acceptors (Lipinski definition) is 3. The molecule has 21 heavy (non-hydrogen) atoms. The molecule has 4 heteroatoms. The van der Waals surface area contributed by atoms with E-state index in [0.29, 0.717) is 22.9 Å². The molecule has 0 aliphatic carbocycles. The number of carbonyl (C=O) groups is 1. The summed E-state index contributed by atoms with van der Waals surface area (Å²) in [5.41, 5.74) is 14.1. The Morgan fingerprint density at radius 2 is 1.81 bits per heavy atom. The molecular weight excluding hydrogens is 264 g/mol. The minimum atomic E-state index is -0.508. The molecule has 2 rings (SSSR count). The predicted molar refractivity (Wildman–Crippen MR) is 84.7 cm³/mol. The van der Waals surface area contributed by atoms with Gasteiger partial charge in [-0.25, -0.2) is 0 Å². The zero-order valence-electron chi connectivity index (χ0n) is 12.5. The minimum Gasteiger partial charge on any atom is -0.455 e. The molecule has 0 aromatic heterocycles. The van der Waals surface area contributed by atoms with Gasteiger partial charge in [0, 0.05) is 5.56 Å². The van der Waals surface area contributed by atoms with E-state index >= 15 is 0 Å². The number of carbonyl (C=O) groups excluding carboxylic acids is 1. The van der Waals surface area contributed by atoms with Crippen LogP contribution in [-0.4, -0.2) is 5.91 Å². The van der Waals surface area contributed by atoms with Gasteiger partial charge < -0.3 is 16.2 Å². The second kappa shape index (κ2) is 5.87. The van der Waals surface area contributed by atoms with Crippen LogP contribution in [0.25, 0.3) is 0 Å². The molecule has 0 spiro atoms. The Balaban J connectivity index is 2.34. The molecule has 0 atom stereocenters. The van der Waals surface area contributed by atoms with Crippen molar-refractivity contribution in [2.45, 2.75) is 26.7 Å². The van der Waals surface area contributed by atoms with E-state index in [4.69, 9.17) is 16.2 Å². The lowest BCUT2D eigenvalue weighted by Gasteiger charge is -2.14. The van der Waals surface area contributed by atoms with Crippen LogP contribution in [0.15, 0.2) is 36.4 Å². The standard InChI is InChI=1S/C17H20N2O2/c1-10(2)12-5-4-11(3)16(9-12)21-15-7-6-13(17(19)20)8-14(15)18/h4-10H,18H2,1-3H3,(H2,19,20). The fourth-order valence-corrected chi connectivity index (χ4v) is 2.00. The lowest BCUT2D eigenvalue weighted by Crippen LogP contribution is -2.11. The van der Waals surface area contributed by atoms with Gasteiger partial charge in [-0.2, -0.15) is 0 Å². The predicted octanol–water partition coefficient (Wildman–Crippen LogP) is 3.59. The Bertz CT molecular complexity index is 678. The van der Waals surface area contributed by atoms with Crippen LogP contribution < -0.4 is 16.2 Å². The Labute approximate surface area is 124 Å². The van der Waals surface area contributed by atoms with Crippen molar-refractivity contribution in [1.29, 1.82) is 0 Å². The maximum Gasteiger partial charge on any atom is 0.248 e. The zero-order chi connectivity index (χ0) is 15.6. The highest BCUT2D eigenvalue weighted by atomic mass is 16.5. The molecule has 110 valence electrons. The van der Waals surface area contributed by atoms with E-state index in [1.165, 1.54) is 11.6 Å². The number of anilines is 1. The van der Waals surface area contributed by atoms with Crippen LogP contribution in [0.5, 0.6) is 11.5 Å². The zero-order valence-corrected chi connectivity index (χ0v) is 12.5. The van der Waals surface area contributed by atoms with E-state index in [1.807, 2.05) is 19.1 Å². The summed E-state index contributed by atoms with van der Waals surface area (Å²) in [6.45, 7) is 6.24. The number of amides is 1. The third-order valence-corrected chi connectivity index (χ3v) is 3.39. The highest BCUT2D eigenvalue weighted by Crippen LogP contribution is 2.32. The second-order valence-corrected chi connectivity index (χ2v) is 5.40. The number of aryl methyl sites for hydroxylation is 1. The molecule has 0 radical (unpaired) electrons. The summed E-state index contributed by atoms with van der Waals surface area (Å²) in [5.74, 6) is 1.19. The fourth-order valence-electron chi connectivity index (χ4n) is 2.00. The van der Waals surface area contributed by atoms with Crippen LogP contribution in [0, 0.1) is 6.92 Å². The molecule has 2 aromatic carbocycles. The van der Waals surface area contributed by atoms with Crippen molar-refractivity contribution in [2.24, 2.45) is 5.73 Å². The molecule has 4 N–H and O–H groups in total. The van der Waals surface area contributed by atoms with Gasteiger partial charge in [0.15, 0.2) is 0 Å². The van der Waals surface area contributed by atoms with Gasteiger partial charge >= 0.3 is 0 Å². The van der Waals surface area contributed by atoms with Crippen molar-refractivity contribution < 1.29 is 9.53 Å². The van der Waals surface area contributed by atoms with Crippen molar-refractivity contribution in [3.63, 3.8) is 0 Å². The Morgan fingerprint density at radius 1 is 1.10 bits per heavy atom. The summed E-state index contributed by atoms with van der Waals surface area (Å²) in [6.07, 6.45) is 0. The maximum absolute atomic E-state index is 11.1. The quantitative estimate of drug-likeness (QED) is 0.842. The minimum absolute atomic E-state index is 0.368. The first-order valence-electron chi connectivity index (χ1n) is 6.86. The number of hydrogen-bond donors (Lipinski definition) is 2. The van der Waals surface area contributed by atoms with Crippen LogP contribution in [0.2, 0.25) is 0 Å². The van der Waals surface area contributed by atoms with E-state index in [2.05, 4.69) is 19.9 Å². The van der Waals surface area contributed by atoms with Crippen molar-refractivity contribution in [3.8, 4) is 11.5 Å². The van der Waals surface area contributed by atoms with Gasteiger partial charge in [-0.15, -0.1) is 0 Å². The van der Waals surface area contributed by atoms with Crippen molar-refractivity contribution in [2.75, 3.05) is 5.73 Å². The van der Waals surface area contributed by atoms with E-state index in [-0.39, 0.29) is 0 Å². The number of rotatable bonds is 4. The first-order valence-corrected chi connectivity index (χ1v) is 6.86. The smallest absolute Gasteiger partial charge is 0.248 e. The summed E-state index contributed by atoms with van der Waals surface area (Å²) in [7, 11) is 0. The number of primary amides is 1. The van der Waals surface area contributed by atoms with Gasteiger partial charge in [0.05, 0.1) is 5.69 Å². The van der Waals surface area contributed by atoms with E-state index < -0.39 is 5.91 Å². The maximum atomic E-state index is 11.1. The molecule has 1 amide bonds. The molecule has 0 heterocycles. The number of nitrogens with two attached hydrogens (primary N) is 2. The molecular formula is C17H20N2O2. The lowest BCUT2D eigenvalue weighted by atomic mass is 10.0. The molecule has 0 aliphatic rings. The molecule has 0 unspecified atom stereocenters. The van der Waals surface area contributed by atoms with Crippen molar-refractivity contribution in [1.82, 2.24) is 0 Å². The third-order valence-electron chi connectivity index (χ3n) is 3.39. The van der Waals surface area contributed by atoms with Crippen LogP contribution in [0.4, 0.5) is 5.69 Å². The normalized spacial score (nSPS) is 10.7. The third kappa shape index (κ3) is 3.34. The van der Waals surface area contributed by atoms with E-state index in [9.17, 15) is 4.79 Å². The van der Waals surface area contributed by atoms with Crippen molar-refractivity contribution in [3.05, 3.63) is 53.1 Å². The average Bonchev–Trinajstić information content (AvgIpc) is 2.42. The van der Waals surface area contributed by atoms with Gasteiger partial charge in [0.25, 0.3) is 0 Å². The van der Waals surface area contributed by atoms with Crippen molar-refractivity contribution >= 4 is 11.6 Å². The summed E-state index contributed by atoms with van der Waals surface area (Å²) in [6, 6.07) is 10.9. The summed E-state index contributed by atoms with van der Waals surface area (Å²) >= 11 is 0. The van der Waals surface area contributed by atoms with E-state index in [1.54, 1.807) is 12.1 Å². The number of ether oxygens (including phenoxy) is 1. The summed E-state index contributed by atoms with van der Waals surface area (Å²) in [5, 5.41) is 0. The SMILES string of the molecule is Cc1ccc(C(C)C)cc1Oc1ccc(C(N)=O)cc1N. The topological polar surface area (TPSA) is 78.3 Å². The largest absolute Gasteiger partial charge is 0.455 e. The Kier molecular flexibility index (Phi) is 4.17. The molecule has 4 nitrogen and oxygen atoms in total.